The number of benzene rings is 1. The van der Waals surface area contributed by atoms with Gasteiger partial charge in [0.25, 0.3) is 0 Å². The highest BCUT2D eigenvalue weighted by molar-refractivity contribution is 5.42. The molecule has 3 rings (SSSR count). The molecule has 0 unspecified atom stereocenters. The van der Waals surface area contributed by atoms with Crippen molar-refractivity contribution in [3.8, 4) is 5.75 Å². The van der Waals surface area contributed by atoms with E-state index in [9.17, 15) is 0 Å². The molecule has 0 atom stereocenters. The Bertz CT molecular complexity index is 839. The highest BCUT2D eigenvalue weighted by Crippen LogP contribution is 2.14. The highest BCUT2D eigenvalue weighted by atomic mass is 16.5. The molecule has 2 aromatic heterocycles. The minimum absolute atomic E-state index is 0.616. The van der Waals surface area contributed by atoms with Gasteiger partial charge in [-0.15, -0.1) is 0 Å². The van der Waals surface area contributed by atoms with Crippen LogP contribution in [0.4, 0.5) is 11.8 Å². The van der Waals surface area contributed by atoms with Gasteiger partial charge in [-0.1, -0.05) is 12.1 Å². The van der Waals surface area contributed by atoms with E-state index in [2.05, 4.69) is 37.7 Å². The molecular formula is C20H23N5O. The molecule has 0 saturated heterocycles. The third kappa shape index (κ3) is 5.17. The van der Waals surface area contributed by atoms with Crippen molar-refractivity contribution < 1.29 is 4.74 Å². The summed E-state index contributed by atoms with van der Waals surface area (Å²) >= 11 is 0. The fourth-order valence-corrected chi connectivity index (χ4v) is 2.58. The van der Waals surface area contributed by atoms with E-state index in [1.807, 2.05) is 37.3 Å². The Labute approximate surface area is 153 Å². The number of aromatic nitrogens is 3. The lowest BCUT2D eigenvalue weighted by Crippen LogP contribution is -2.10. The Balaban J connectivity index is 1.56. The molecule has 0 fully saturated rings. The van der Waals surface area contributed by atoms with Crippen molar-refractivity contribution in [3.63, 3.8) is 0 Å². The molecule has 0 radical (unpaired) electrons. The molecule has 134 valence electrons. The highest BCUT2D eigenvalue weighted by Gasteiger charge is 2.03. The number of nitrogens with one attached hydrogen (secondary N) is 2. The van der Waals surface area contributed by atoms with E-state index in [0.717, 1.165) is 35.8 Å². The number of nitrogens with zero attached hydrogens (tertiary/aromatic N) is 3. The van der Waals surface area contributed by atoms with Crippen LogP contribution in [0.15, 0.2) is 54.9 Å². The van der Waals surface area contributed by atoms with E-state index in [1.165, 1.54) is 5.56 Å². The molecule has 2 N–H and O–H groups in total. The second-order valence-corrected chi connectivity index (χ2v) is 5.96. The number of hydrogen-bond acceptors (Lipinski definition) is 6. The van der Waals surface area contributed by atoms with Crippen molar-refractivity contribution in [2.24, 2.45) is 0 Å². The molecule has 0 aliphatic carbocycles. The predicted molar refractivity (Wildman–Crippen MR) is 104 cm³/mol. The molecule has 2 heterocycles. The first kappa shape index (κ1) is 17.7. The van der Waals surface area contributed by atoms with Gasteiger partial charge in [0.05, 0.1) is 7.11 Å². The molecule has 6 heteroatoms. The topological polar surface area (TPSA) is 72.0 Å². The molecular weight excluding hydrogens is 326 g/mol. The van der Waals surface area contributed by atoms with Crippen LogP contribution in [0.1, 0.15) is 16.8 Å². The molecule has 0 aliphatic heterocycles. The molecule has 0 amide bonds. The van der Waals surface area contributed by atoms with Crippen molar-refractivity contribution in [2.75, 3.05) is 24.3 Å². The van der Waals surface area contributed by atoms with Gasteiger partial charge in [-0.2, -0.15) is 4.98 Å². The van der Waals surface area contributed by atoms with Crippen LogP contribution in [0.3, 0.4) is 0 Å². The Kier molecular flexibility index (Phi) is 5.98. The number of aryl methyl sites for hydroxylation is 1. The van der Waals surface area contributed by atoms with Gasteiger partial charge in [-0.05, 0) is 48.7 Å². The number of anilines is 2. The molecule has 0 spiro atoms. The molecule has 0 saturated carbocycles. The van der Waals surface area contributed by atoms with Crippen molar-refractivity contribution in [1.82, 2.24) is 15.0 Å². The van der Waals surface area contributed by atoms with Crippen LogP contribution in [0, 0.1) is 6.92 Å². The second-order valence-electron chi connectivity index (χ2n) is 5.96. The fourth-order valence-electron chi connectivity index (χ4n) is 2.58. The zero-order valence-corrected chi connectivity index (χ0v) is 15.1. The summed E-state index contributed by atoms with van der Waals surface area (Å²) in [5, 5.41) is 6.63. The molecule has 1 aromatic carbocycles. The zero-order chi connectivity index (χ0) is 18.2. The maximum Gasteiger partial charge on any atom is 0.225 e. The van der Waals surface area contributed by atoms with Gasteiger partial charge in [-0.25, -0.2) is 4.98 Å². The maximum absolute atomic E-state index is 5.26. The van der Waals surface area contributed by atoms with Crippen LogP contribution in [0.5, 0.6) is 5.75 Å². The number of rotatable bonds is 8. The summed E-state index contributed by atoms with van der Waals surface area (Å²) in [5.74, 6) is 2.31. The number of pyridine rings is 1. The molecule has 0 bridgehead atoms. The van der Waals surface area contributed by atoms with Crippen molar-refractivity contribution in [1.29, 1.82) is 0 Å². The zero-order valence-electron chi connectivity index (χ0n) is 15.1. The first-order valence-corrected chi connectivity index (χ1v) is 8.58. The predicted octanol–water partition coefficient (Wildman–Crippen LogP) is 3.46. The SMILES string of the molecule is COc1cccc(CCNc2cc(C)nc(NCc3ccncc3)n2)c1. The summed E-state index contributed by atoms with van der Waals surface area (Å²) < 4.78 is 5.26. The van der Waals surface area contributed by atoms with Gasteiger partial charge in [0, 0.05) is 37.2 Å². The first-order valence-electron chi connectivity index (χ1n) is 8.58. The third-order valence-electron chi connectivity index (χ3n) is 3.91. The van der Waals surface area contributed by atoms with Crippen molar-refractivity contribution in [3.05, 3.63) is 71.7 Å². The smallest absolute Gasteiger partial charge is 0.225 e. The summed E-state index contributed by atoms with van der Waals surface area (Å²) in [4.78, 5) is 13.0. The lowest BCUT2D eigenvalue weighted by atomic mass is 10.1. The van der Waals surface area contributed by atoms with Crippen LogP contribution in [-0.4, -0.2) is 28.6 Å². The molecule has 3 aromatic rings. The molecule has 26 heavy (non-hydrogen) atoms. The van der Waals surface area contributed by atoms with Crippen LogP contribution < -0.4 is 15.4 Å². The van der Waals surface area contributed by atoms with Crippen LogP contribution in [0.2, 0.25) is 0 Å². The van der Waals surface area contributed by atoms with Gasteiger partial charge < -0.3 is 15.4 Å². The molecule has 0 aliphatic rings. The van der Waals surface area contributed by atoms with Gasteiger partial charge in [0.1, 0.15) is 11.6 Å². The van der Waals surface area contributed by atoms with Crippen LogP contribution >= 0.6 is 0 Å². The average molecular weight is 349 g/mol. The minimum Gasteiger partial charge on any atom is -0.497 e. The molecule has 6 nitrogen and oxygen atoms in total. The van der Waals surface area contributed by atoms with Gasteiger partial charge in [0.15, 0.2) is 0 Å². The first-order chi connectivity index (χ1) is 12.7. The quantitative estimate of drug-likeness (QED) is 0.649. The fraction of sp³-hybridized carbons (Fsp3) is 0.250. The summed E-state index contributed by atoms with van der Waals surface area (Å²) in [6.45, 7) is 3.41. The Morgan fingerprint density at radius 3 is 2.62 bits per heavy atom. The number of hydrogen-bond donors (Lipinski definition) is 2. The Morgan fingerprint density at radius 2 is 1.81 bits per heavy atom. The second kappa shape index (κ2) is 8.80. The Hall–Kier alpha value is -3.15. The van der Waals surface area contributed by atoms with E-state index < -0.39 is 0 Å². The minimum atomic E-state index is 0.616. The van der Waals surface area contributed by atoms with E-state index in [-0.39, 0.29) is 0 Å². The number of methoxy groups -OCH3 is 1. The summed E-state index contributed by atoms with van der Waals surface area (Å²) in [6, 6.07) is 14.0. The lowest BCUT2D eigenvalue weighted by molar-refractivity contribution is 0.414. The normalized spacial score (nSPS) is 10.4. The monoisotopic (exact) mass is 349 g/mol. The van der Waals surface area contributed by atoms with Gasteiger partial charge >= 0.3 is 0 Å². The van der Waals surface area contributed by atoms with Gasteiger partial charge in [-0.3, -0.25) is 4.98 Å². The summed E-state index contributed by atoms with van der Waals surface area (Å²) in [7, 11) is 1.68. The van der Waals surface area contributed by atoms with E-state index in [1.54, 1.807) is 19.5 Å². The Morgan fingerprint density at radius 1 is 0.962 bits per heavy atom. The van der Waals surface area contributed by atoms with Gasteiger partial charge in [0.2, 0.25) is 5.95 Å². The summed E-state index contributed by atoms with van der Waals surface area (Å²) in [6.07, 6.45) is 4.44. The number of ether oxygens (including phenoxy) is 1. The van der Waals surface area contributed by atoms with E-state index in [4.69, 9.17) is 4.74 Å². The third-order valence-corrected chi connectivity index (χ3v) is 3.91. The van der Waals surface area contributed by atoms with E-state index in [0.29, 0.717) is 12.5 Å². The van der Waals surface area contributed by atoms with Crippen molar-refractivity contribution in [2.45, 2.75) is 19.9 Å². The van der Waals surface area contributed by atoms with E-state index >= 15 is 0 Å². The average Bonchev–Trinajstić information content (AvgIpc) is 2.67. The van der Waals surface area contributed by atoms with Crippen LogP contribution in [0.25, 0.3) is 0 Å². The maximum atomic E-state index is 5.26. The largest absolute Gasteiger partial charge is 0.497 e. The van der Waals surface area contributed by atoms with Crippen LogP contribution in [-0.2, 0) is 13.0 Å². The standard InChI is InChI=1S/C20H23N5O/c1-15-12-19(22-11-8-16-4-3-5-18(13-16)26-2)25-20(24-15)23-14-17-6-9-21-10-7-17/h3-7,9-10,12-13H,8,11,14H2,1-2H3,(H2,22,23,24,25). The van der Waals surface area contributed by atoms with Crippen molar-refractivity contribution >= 4 is 11.8 Å². The lowest BCUT2D eigenvalue weighted by Gasteiger charge is -2.10. The summed E-state index contributed by atoms with van der Waals surface area (Å²) in [5.41, 5.74) is 3.28.